The monoisotopic (exact) mass is 311 g/mol. The highest BCUT2D eigenvalue weighted by molar-refractivity contribution is 6.31. The van der Waals surface area contributed by atoms with Crippen LogP contribution in [-0.4, -0.2) is 41.7 Å². The van der Waals surface area contributed by atoms with Gasteiger partial charge in [-0.15, -0.1) is 0 Å². The zero-order valence-corrected chi connectivity index (χ0v) is 12.9. The normalized spacial score (nSPS) is 20.4. The van der Waals surface area contributed by atoms with E-state index in [2.05, 4.69) is 10.2 Å². The minimum absolute atomic E-state index is 0.0892. The molecule has 1 amide bonds. The number of aliphatic hydroxyl groups excluding tert-OH is 1. The molecule has 1 fully saturated rings. The highest BCUT2D eigenvalue weighted by atomic mass is 35.5. The van der Waals surface area contributed by atoms with Crippen LogP contribution < -0.4 is 11.1 Å². The molecule has 4 N–H and O–H groups in total. The number of nitrogens with two attached hydrogens (primary N) is 1. The van der Waals surface area contributed by atoms with Crippen LogP contribution in [0.3, 0.4) is 0 Å². The molecule has 1 aromatic carbocycles. The van der Waals surface area contributed by atoms with Crippen LogP contribution in [0, 0.1) is 5.92 Å². The lowest BCUT2D eigenvalue weighted by Gasteiger charge is -2.23. The molecular formula is C15H22ClN3O2. The van der Waals surface area contributed by atoms with Crippen molar-refractivity contribution in [1.29, 1.82) is 0 Å². The summed E-state index contributed by atoms with van der Waals surface area (Å²) in [6, 6.07) is 4.79. The Bertz CT molecular complexity index is 510. The zero-order chi connectivity index (χ0) is 15.4. The molecule has 6 heteroatoms. The molecule has 0 aromatic heterocycles. The van der Waals surface area contributed by atoms with Gasteiger partial charge in [0.25, 0.3) is 0 Å². The van der Waals surface area contributed by atoms with Crippen molar-refractivity contribution in [3.05, 3.63) is 23.2 Å². The molecule has 0 spiro atoms. The van der Waals surface area contributed by atoms with Crippen LogP contribution in [0.4, 0.5) is 11.4 Å². The fraction of sp³-hybridized carbons (Fsp3) is 0.533. The highest BCUT2D eigenvalue weighted by Crippen LogP contribution is 2.25. The summed E-state index contributed by atoms with van der Waals surface area (Å²) in [5.41, 5.74) is 6.88. The van der Waals surface area contributed by atoms with Crippen molar-refractivity contribution in [2.75, 3.05) is 30.7 Å². The average Bonchev–Trinajstić information content (AvgIpc) is 2.91. The van der Waals surface area contributed by atoms with Crippen molar-refractivity contribution in [2.45, 2.75) is 25.8 Å². The van der Waals surface area contributed by atoms with E-state index >= 15 is 0 Å². The number of nitrogens with zero attached hydrogens (tertiary/aromatic N) is 1. The Balaban J connectivity index is 1.95. The summed E-state index contributed by atoms with van der Waals surface area (Å²) in [5.74, 6) is 0.384. The molecule has 1 heterocycles. The van der Waals surface area contributed by atoms with Gasteiger partial charge in [0.05, 0.1) is 17.4 Å². The highest BCUT2D eigenvalue weighted by Gasteiger charge is 2.29. The van der Waals surface area contributed by atoms with Crippen molar-refractivity contribution in [2.24, 2.45) is 5.92 Å². The quantitative estimate of drug-likeness (QED) is 0.726. The predicted molar refractivity (Wildman–Crippen MR) is 85.3 cm³/mol. The maximum Gasteiger partial charge on any atom is 0.241 e. The first-order chi connectivity index (χ1) is 10.0. The molecule has 21 heavy (non-hydrogen) atoms. The Morgan fingerprint density at radius 2 is 2.38 bits per heavy atom. The Morgan fingerprint density at radius 1 is 1.62 bits per heavy atom. The third-order valence-electron chi connectivity index (χ3n) is 4.05. The van der Waals surface area contributed by atoms with E-state index in [0.717, 1.165) is 25.9 Å². The number of carbonyl (C=O) groups excluding carboxylic acids is 1. The number of hydrogen-bond acceptors (Lipinski definition) is 4. The number of rotatable bonds is 5. The van der Waals surface area contributed by atoms with E-state index in [9.17, 15) is 4.79 Å². The molecule has 0 radical (unpaired) electrons. The molecule has 1 aliphatic rings. The summed E-state index contributed by atoms with van der Waals surface area (Å²) >= 11 is 5.92. The van der Waals surface area contributed by atoms with E-state index in [-0.39, 0.29) is 18.6 Å². The van der Waals surface area contributed by atoms with E-state index in [4.69, 9.17) is 22.4 Å². The van der Waals surface area contributed by atoms with Crippen molar-refractivity contribution in [3.63, 3.8) is 0 Å². The van der Waals surface area contributed by atoms with Gasteiger partial charge in [0, 0.05) is 18.2 Å². The molecule has 1 aromatic rings. The summed E-state index contributed by atoms with van der Waals surface area (Å²) in [7, 11) is 0. The number of nitrogens with one attached hydrogen (secondary N) is 1. The van der Waals surface area contributed by atoms with Gasteiger partial charge in [-0.25, -0.2) is 0 Å². The number of hydrogen-bond donors (Lipinski definition) is 3. The third kappa shape index (κ3) is 4.09. The summed E-state index contributed by atoms with van der Waals surface area (Å²) < 4.78 is 0. The van der Waals surface area contributed by atoms with Gasteiger partial charge in [0.2, 0.25) is 5.91 Å². The van der Waals surface area contributed by atoms with Gasteiger partial charge in [-0.1, -0.05) is 11.6 Å². The smallest absolute Gasteiger partial charge is 0.241 e. The molecule has 5 nitrogen and oxygen atoms in total. The molecule has 116 valence electrons. The maximum atomic E-state index is 12.3. The first-order valence-electron chi connectivity index (χ1n) is 7.22. The van der Waals surface area contributed by atoms with Crippen LogP contribution in [0.1, 0.15) is 19.8 Å². The van der Waals surface area contributed by atoms with Gasteiger partial charge in [-0.05, 0) is 50.4 Å². The third-order valence-corrected chi connectivity index (χ3v) is 4.29. The molecule has 2 unspecified atom stereocenters. The van der Waals surface area contributed by atoms with E-state index in [1.165, 1.54) is 0 Å². The standard InChI is InChI=1S/C15H22ClN3O2/c1-10(19-6-4-11(9-19)5-7-20)15(21)18-14-8-12(16)2-3-13(14)17/h2-3,8,10-11,20H,4-7,9,17H2,1H3,(H,18,21). The lowest BCUT2D eigenvalue weighted by atomic mass is 10.1. The second-order valence-corrected chi connectivity index (χ2v) is 6.00. The minimum atomic E-state index is -0.230. The largest absolute Gasteiger partial charge is 0.397 e. The Morgan fingerprint density at radius 3 is 3.10 bits per heavy atom. The summed E-state index contributed by atoms with van der Waals surface area (Å²) in [4.78, 5) is 14.5. The van der Waals surface area contributed by atoms with Crippen molar-refractivity contribution < 1.29 is 9.90 Å². The predicted octanol–water partition coefficient (Wildman–Crippen LogP) is 1.95. The topological polar surface area (TPSA) is 78.6 Å². The van der Waals surface area contributed by atoms with Gasteiger partial charge in [-0.3, -0.25) is 9.69 Å². The number of aliphatic hydroxyl groups is 1. The summed E-state index contributed by atoms with van der Waals surface area (Å²) in [6.07, 6.45) is 1.82. The SMILES string of the molecule is CC(C(=O)Nc1cc(Cl)ccc1N)N1CCC(CCO)C1. The Hall–Kier alpha value is -1.30. The maximum absolute atomic E-state index is 12.3. The molecule has 0 bridgehead atoms. The molecule has 1 saturated heterocycles. The fourth-order valence-electron chi connectivity index (χ4n) is 2.67. The molecule has 0 saturated carbocycles. The van der Waals surface area contributed by atoms with Crippen LogP contribution in [0.25, 0.3) is 0 Å². The second kappa shape index (κ2) is 7.11. The molecule has 0 aliphatic carbocycles. The van der Waals surface area contributed by atoms with Gasteiger partial charge in [0.15, 0.2) is 0 Å². The second-order valence-electron chi connectivity index (χ2n) is 5.56. The van der Waals surface area contributed by atoms with Crippen LogP contribution in [0.15, 0.2) is 18.2 Å². The minimum Gasteiger partial charge on any atom is -0.397 e. The first kappa shape index (κ1) is 16.1. The van der Waals surface area contributed by atoms with Crippen molar-refractivity contribution >= 4 is 28.9 Å². The molecule has 2 rings (SSSR count). The van der Waals surface area contributed by atoms with E-state index in [1.807, 2.05) is 6.92 Å². The molecular weight excluding hydrogens is 290 g/mol. The number of benzene rings is 1. The van der Waals surface area contributed by atoms with Gasteiger partial charge in [0.1, 0.15) is 0 Å². The summed E-state index contributed by atoms with van der Waals surface area (Å²) in [6.45, 7) is 3.82. The average molecular weight is 312 g/mol. The lowest BCUT2D eigenvalue weighted by Crippen LogP contribution is -2.40. The Labute approximate surface area is 130 Å². The number of likely N-dealkylation sites (tertiary alicyclic amines) is 1. The van der Waals surface area contributed by atoms with E-state index < -0.39 is 0 Å². The first-order valence-corrected chi connectivity index (χ1v) is 7.60. The van der Waals surface area contributed by atoms with Crippen LogP contribution in [0.5, 0.6) is 0 Å². The van der Waals surface area contributed by atoms with Gasteiger partial charge < -0.3 is 16.2 Å². The van der Waals surface area contributed by atoms with Crippen LogP contribution in [0.2, 0.25) is 5.02 Å². The molecule has 2 atom stereocenters. The lowest BCUT2D eigenvalue weighted by molar-refractivity contribution is -0.120. The number of anilines is 2. The van der Waals surface area contributed by atoms with Crippen molar-refractivity contribution in [3.8, 4) is 0 Å². The van der Waals surface area contributed by atoms with E-state index in [1.54, 1.807) is 18.2 Å². The number of halogens is 1. The van der Waals surface area contributed by atoms with E-state index in [0.29, 0.717) is 22.3 Å². The number of nitrogen functional groups attached to an aromatic ring is 1. The van der Waals surface area contributed by atoms with Crippen LogP contribution >= 0.6 is 11.6 Å². The van der Waals surface area contributed by atoms with Crippen LogP contribution in [-0.2, 0) is 4.79 Å². The zero-order valence-electron chi connectivity index (χ0n) is 12.2. The van der Waals surface area contributed by atoms with Gasteiger partial charge >= 0.3 is 0 Å². The summed E-state index contributed by atoms with van der Waals surface area (Å²) in [5, 5.41) is 12.4. The number of amides is 1. The number of carbonyl (C=O) groups is 1. The fourth-order valence-corrected chi connectivity index (χ4v) is 2.84. The van der Waals surface area contributed by atoms with Crippen molar-refractivity contribution in [1.82, 2.24) is 4.90 Å². The Kier molecular flexibility index (Phi) is 5.45. The molecule has 1 aliphatic heterocycles. The van der Waals surface area contributed by atoms with Gasteiger partial charge in [-0.2, -0.15) is 0 Å².